The highest BCUT2D eigenvalue weighted by atomic mass is 19.1. The quantitative estimate of drug-likeness (QED) is 0.771. The zero-order valence-electron chi connectivity index (χ0n) is 14.6. The topological polar surface area (TPSA) is 68.5 Å². The maximum atomic E-state index is 14.1. The Morgan fingerprint density at radius 3 is 2.70 bits per heavy atom. The number of nitrogens with one attached hydrogen (secondary N) is 1. The van der Waals surface area contributed by atoms with E-state index in [1.54, 1.807) is 31.2 Å². The third-order valence-electron chi connectivity index (χ3n) is 4.23. The lowest BCUT2D eigenvalue weighted by molar-refractivity contribution is -0.125. The van der Waals surface area contributed by atoms with Crippen LogP contribution in [0.15, 0.2) is 65.8 Å². The van der Waals surface area contributed by atoms with Crippen LogP contribution >= 0.6 is 0 Å². The van der Waals surface area contributed by atoms with Gasteiger partial charge in [0.05, 0.1) is 11.4 Å². The number of aromatic nitrogens is 2. The SMILES string of the molecule is Cc1cc(NC(=O)[C@H]2CC(c3ccccc3)=NO2)n(-c2ccccc2F)n1. The van der Waals surface area contributed by atoms with E-state index in [-0.39, 0.29) is 11.6 Å². The Kier molecular flexibility index (Phi) is 4.42. The van der Waals surface area contributed by atoms with Gasteiger partial charge in [-0.3, -0.25) is 4.79 Å². The van der Waals surface area contributed by atoms with E-state index in [1.807, 2.05) is 30.3 Å². The van der Waals surface area contributed by atoms with Crippen molar-refractivity contribution in [2.24, 2.45) is 5.16 Å². The summed E-state index contributed by atoms with van der Waals surface area (Å²) in [5.41, 5.74) is 2.55. The van der Waals surface area contributed by atoms with E-state index < -0.39 is 11.9 Å². The third kappa shape index (κ3) is 3.44. The number of benzene rings is 2. The van der Waals surface area contributed by atoms with E-state index in [9.17, 15) is 9.18 Å². The van der Waals surface area contributed by atoms with Crippen molar-refractivity contribution in [2.75, 3.05) is 5.32 Å². The van der Waals surface area contributed by atoms with E-state index in [0.717, 1.165) is 11.3 Å². The van der Waals surface area contributed by atoms with Gasteiger partial charge in [-0.15, -0.1) is 0 Å². The van der Waals surface area contributed by atoms with Crippen molar-refractivity contribution in [3.63, 3.8) is 0 Å². The van der Waals surface area contributed by atoms with Crippen LogP contribution in [0, 0.1) is 12.7 Å². The van der Waals surface area contributed by atoms with E-state index in [0.29, 0.717) is 17.9 Å². The molecule has 1 atom stereocenters. The fourth-order valence-corrected chi connectivity index (χ4v) is 2.92. The Morgan fingerprint density at radius 2 is 1.93 bits per heavy atom. The first-order valence-corrected chi connectivity index (χ1v) is 8.52. The minimum Gasteiger partial charge on any atom is -0.382 e. The number of halogens is 1. The number of carbonyl (C=O) groups excluding carboxylic acids is 1. The summed E-state index contributed by atoms with van der Waals surface area (Å²) < 4.78 is 15.5. The molecule has 0 spiro atoms. The number of oxime groups is 1. The second-order valence-corrected chi connectivity index (χ2v) is 6.23. The molecule has 3 aromatic rings. The molecule has 2 heterocycles. The van der Waals surface area contributed by atoms with E-state index >= 15 is 0 Å². The third-order valence-corrected chi connectivity index (χ3v) is 4.23. The van der Waals surface area contributed by atoms with Gasteiger partial charge in [0.25, 0.3) is 5.91 Å². The van der Waals surface area contributed by atoms with Crippen molar-refractivity contribution in [3.05, 3.63) is 77.7 Å². The number of amides is 1. The molecular formula is C20H17FN4O2. The smallest absolute Gasteiger partial charge is 0.269 e. The molecule has 0 radical (unpaired) electrons. The van der Waals surface area contributed by atoms with Gasteiger partial charge in [0.2, 0.25) is 6.10 Å². The van der Waals surface area contributed by atoms with Gasteiger partial charge in [-0.2, -0.15) is 5.10 Å². The number of hydrogen-bond acceptors (Lipinski definition) is 4. The molecule has 136 valence electrons. The molecule has 0 aliphatic carbocycles. The van der Waals surface area contributed by atoms with Crippen molar-refractivity contribution in [2.45, 2.75) is 19.4 Å². The molecule has 6 nitrogen and oxygen atoms in total. The first kappa shape index (κ1) is 17.0. The van der Waals surface area contributed by atoms with Crippen molar-refractivity contribution in [1.29, 1.82) is 0 Å². The zero-order chi connectivity index (χ0) is 18.8. The molecule has 0 saturated carbocycles. The summed E-state index contributed by atoms with van der Waals surface area (Å²) in [4.78, 5) is 17.9. The lowest BCUT2D eigenvalue weighted by Crippen LogP contribution is -2.29. The fraction of sp³-hybridized carbons (Fsp3) is 0.150. The average molecular weight is 364 g/mol. The van der Waals surface area contributed by atoms with Crippen LogP contribution in [0.2, 0.25) is 0 Å². The fourth-order valence-electron chi connectivity index (χ4n) is 2.92. The van der Waals surface area contributed by atoms with Crippen LogP contribution in [0.4, 0.5) is 10.2 Å². The molecule has 27 heavy (non-hydrogen) atoms. The Hall–Kier alpha value is -3.48. The molecule has 1 aromatic heterocycles. The van der Waals surface area contributed by atoms with E-state index in [2.05, 4.69) is 15.6 Å². The maximum Gasteiger partial charge on any atom is 0.269 e. The van der Waals surface area contributed by atoms with E-state index in [1.165, 1.54) is 10.7 Å². The van der Waals surface area contributed by atoms with Gasteiger partial charge >= 0.3 is 0 Å². The summed E-state index contributed by atoms with van der Waals surface area (Å²) in [5.74, 6) is -0.413. The Balaban J connectivity index is 1.51. The second-order valence-electron chi connectivity index (χ2n) is 6.23. The highest BCUT2D eigenvalue weighted by Crippen LogP contribution is 2.22. The van der Waals surface area contributed by atoms with Crippen LogP contribution in [0.3, 0.4) is 0 Å². The van der Waals surface area contributed by atoms with Crippen LogP contribution < -0.4 is 5.32 Å². The highest BCUT2D eigenvalue weighted by molar-refractivity contribution is 6.06. The summed E-state index contributed by atoms with van der Waals surface area (Å²) >= 11 is 0. The summed E-state index contributed by atoms with van der Waals surface area (Å²) in [6.45, 7) is 1.77. The number of carbonyl (C=O) groups is 1. The average Bonchev–Trinajstić information content (AvgIpc) is 3.30. The highest BCUT2D eigenvalue weighted by Gasteiger charge is 2.29. The zero-order valence-corrected chi connectivity index (χ0v) is 14.6. The van der Waals surface area contributed by atoms with Gasteiger partial charge in [0, 0.05) is 12.5 Å². The largest absolute Gasteiger partial charge is 0.382 e. The Labute approximate surface area is 155 Å². The second kappa shape index (κ2) is 7.03. The predicted octanol–water partition coefficient (Wildman–Crippen LogP) is 3.45. The normalized spacial score (nSPS) is 15.9. The maximum absolute atomic E-state index is 14.1. The summed E-state index contributed by atoms with van der Waals surface area (Å²) in [6.07, 6.45) is -0.382. The number of rotatable bonds is 4. The van der Waals surface area contributed by atoms with Crippen molar-refractivity contribution in [3.8, 4) is 5.69 Å². The van der Waals surface area contributed by atoms with Crippen molar-refractivity contribution >= 4 is 17.4 Å². The molecule has 1 N–H and O–H groups in total. The number of aryl methyl sites for hydroxylation is 1. The molecule has 4 rings (SSSR count). The monoisotopic (exact) mass is 364 g/mol. The predicted molar refractivity (Wildman–Crippen MR) is 99.4 cm³/mol. The Bertz CT molecular complexity index is 1010. The van der Waals surface area contributed by atoms with Crippen LogP contribution in [0.1, 0.15) is 17.7 Å². The standard InChI is InChI=1S/C20H17FN4O2/c1-13-11-19(25(23-13)17-10-6-5-9-15(17)21)22-20(26)18-12-16(24-27-18)14-7-3-2-4-8-14/h2-11,18H,12H2,1H3,(H,22,26)/t18-/m1/s1. The summed E-state index contributed by atoms with van der Waals surface area (Å²) in [5, 5.41) is 11.1. The number of hydrogen-bond donors (Lipinski definition) is 1. The van der Waals surface area contributed by atoms with Gasteiger partial charge in [-0.1, -0.05) is 47.6 Å². The molecule has 1 aliphatic heterocycles. The van der Waals surface area contributed by atoms with Gasteiger partial charge < -0.3 is 10.2 Å². The van der Waals surface area contributed by atoms with Gasteiger partial charge in [0.1, 0.15) is 17.3 Å². The number of nitrogens with zero attached hydrogens (tertiary/aromatic N) is 3. The molecule has 0 saturated heterocycles. The molecule has 1 aliphatic rings. The number of anilines is 1. The molecule has 0 fully saturated rings. The van der Waals surface area contributed by atoms with Crippen molar-refractivity contribution in [1.82, 2.24) is 9.78 Å². The van der Waals surface area contributed by atoms with Crippen molar-refractivity contribution < 1.29 is 14.0 Å². The lowest BCUT2D eigenvalue weighted by Gasteiger charge is -2.12. The molecule has 7 heteroatoms. The first-order chi connectivity index (χ1) is 13.1. The number of para-hydroxylation sites is 1. The van der Waals surface area contributed by atoms with Gasteiger partial charge in [-0.05, 0) is 24.6 Å². The first-order valence-electron chi connectivity index (χ1n) is 8.52. The molecule has 0 bridgehead atoms. The minimum absolute atomic E-state index is 0.259. The summed E-state index contributed by atoms with van der Waals surface area (Å²) in [7, 11) is 0. The van der Waals surface area contributed by atoms with Gasteiger partial charge in [-0.25, -0.2) is 9.07 Å². The van der Waals surface area contributed by atoms with Crippen LogP contribution in [-0.4, -0.2) is 27.5 Å². The van der Waals surface area contributed by atoms with Gasteiger partial charge in [0.15, 0.2) is 0 Å². The van der Waals surface area contributed by atoms with Crippen LogP contribution in [0.25, 0.3) is 5.69 Å². The lowest BCUT2D eigenvalue weighted by atomic mass is 10.0. The molecular weight excluding hydrogens is 347 g/mol. The Morgan fingerprint density at radius 1 is 1.19 bits per heavy atom. The molecule has 2 aromatic carbocycles. The van der Waals surface area contributed by atoms with Crippen LogP contribution in [0.5, 0.6) is 0 Å². The molecule has 1 amide bonds. The van der Waals surface area contributed by atoms with Crippen LogP contribution in [-0.2, 0) is 9.63 Å². The minimum atomic E-state index is -0.746. The van der Waals surface area contributed by atoms with E-state index in [4.69, 9.17) is 4.84 Å². The molecule has 0 unspecified atom stereocenters. The summed E-state index contributed by atoms with van der Waals surface area (Å²) in [6, 6.07) is 17.5.